The molecule has 0 N–H and O–H groups in total. The van der Waals surface area contributed by atoms with E-state index in [9.17, 15) is 0 Å². The van der Waals surface area contributed by atoms with E-state index < -0.39 is 14.4 Å². The normalized spacial score (nSPS) is 14.3. The van der Waals surface area contributed by atoms with Gasteiger partial charge in [0.1, 0.15) is 5.58 Å². The molecule has 5 heteroatoms. The minimum atomic E-state index is -1.37. The Labute approximate surface area is 308 Å². The molecule has 0 aliphatic heterocycles. The number of pyridine rings is 2. The van der Waals surface area contributed by atoms with Crippen molar-refractivity contribution in [2.45, 2.75) is 58.1 Å². The molecular formula is C44H42IrN2OSi-2. The maximum absolute atomic E-state index is 8.88. The van der Waals surface area contributed by atoms with Crippen molar-refractivity contribution in [1.29, 1.82) is 0 Å². The Morgan fingerprint density at radius 3 is 2.31 bits per heavy atom. The van der Waals surface area contributed by atoms with Crippen LogP contribution < -0.4 is 5.19 Å². The first-order chi connectivity index (χ1) is 24.2. The number of fused-ring (bicyclic) bond motifs is 3. The van der Waals surface area contributed by atoms with Crippen LogP contribution in [0.15, 0.2) is 126 Å². The van der Waals surface area contributed by atoms with Gasteiger partial charge in [0.2, 0.25) is 0 Å². The minimum Gasteiger partial charge on any atom is -0.501 e. The molecule has 0 bridgehead atoms. The summed E-state index contributed by atoms with van der Waals surface area (Å²) in [6, 6.07) is 43.0. The predicted molar refractivity (Wildman–Crippen MR) is 203 cm³/mol. The summed E-state index contributed by atoms with van der Waals surface area (Å²) in [4.78, 5) is 9.11. The summed E-state index contributed by atoms with van der Waals surface area (Å²) in [6.07, 6.45) is 7.68. The van der Waals surface area contributed by atoms with E-state index in [1.54, 1.807) is 6.20 Å². The Morgan fingerprint density at radius 2 is 1.57 bits per heavy atom. The van der Waals surface area contributed by atoms with E-state index in [0.29, 0.717) is 11.3 Å². The third kappa shape index (κ3) is 8.19. The molecule has 3 aromatic heterocycles. The van der Waals surface area contributed by atoms with Crippen molar-refractivity contribution in [2.24, 2.45) is 5.92 Å². The fourth-order valence-corrected chi connectivity index (χ4v) is 7.47. The average molecular weight is 837 g/mol. The molecule has 0 amide bonds. The zero-order valence-electron chi connectivity index (χ0n) is 30.3. The number of aromatic nitrogens is 2. The Hall–Kier alpha value is -4.15. The Morgan fingerprint density at radius 1 is 0.755 bits per heavy atom. The molecule has 7 aromatic rings. The summed E-state index contributed by atoms with van der Waals surface area (Å²) in [5.74, 6) is 0.0545. The maximum Gasteiger partial charge on any atom is 0.120 e. The van der Waals surface area contributed by atoms with Gasteiger partial charge in [0.05, 0.1) is 13.7 Å². The molecule has 1 fully saturated rings. The third-order valence-electron chi connectivity index (χ3n) is 9.14. The van der Waals surface area contributed by atoms with Crippen LogP contribution in [0, 0.1) is 18.1 Å². The molecule has 8 rings (SSSR count). The molecule has 3 nitrogen and oxygen atoms in total. The summed E-state index contributed by atoms with van der Waals surface area (Å²) in [7, 11) is -1.23. The van der Waals surface area contributed by atoms with Crippen molar-refractivity contribution in [3.63, 3.8) is 0 Å². The molecule has 1 aliphatic rings. The van der Waals surface area contributed by atoms with Crippen LogP contribution in [0.2, 0.25) is 19.6 Å². The van der Waals surface area contributed by atoms with E-state index in [-0.39, 0.29) is 26.0 Å². The van der Waals surface area contributed by atoms with Gasteiger partial charge in [-0.05, 0) is 58.2 Å². The monoisotopic (exact) mass is 837 g/mol. The van der Waals surface area contributed by atoms with E-state index in [4.69, 9.17) is 7.16 Å². The molecule has 4 aromatic carbocycles. The maximum atomic E-state index is 8.88. The van der Waals surface area contributed by atoms with Crippen LogP contribution in [0.3, 0.4) is 0 Å². The fourth-order valence-electron chi connectivity index (χ4n) is 6.43. The summed E-state index contributed by atoms with van der Waals surface area (Å²) in [6.45, 7) is 7.00. The second-order valence-corrected chi connectivity index (χ2v) is 18.7. The molecule has 49 heavy (non-hydrogen) atoms. The van der Waals surface area contributed by atoms with Crippen LogP contribution in [0.1, 0.15) is 40.4 Å². The summed E-state index contributed by atoms with van der Waals surface area (Å²) in [5.41, 5.74) is 8.10. The smallest absolute Gasteiger partial charge is 0.120 e. The Bertz CT molecular complexity index is 2210. The summed E-state index contributed by atoms with van der Waals surface area (Å²) < 4.78 is 24.1. The predicted octanol–water partition coefficient (Wildman–Crippen LogP) is 11.3. The Balaban J connectivity index is 0.000000222. The van der Waals surface area contributed by atoms with Gasteiger partial charge in [-0.25, -0.2) is 0 Å². The topological polar surface area (TPSA) is 38.9 Å². The molecule has 0 saturated heterocycles. The van der Waals surface area contributed by atoms with Gasteiger partial charge in [-0.15, -0.1) is 54.1 Å². The second kappa shape index (κ2) is 15.6. The molecule has 0 spiro atoms. The molecular weight excluding hydrogens is 793 g/mol. The van der Waals surface area contributed by atoms with Gasteiger partial charge in [0.15, 0.2) is 0 Å². The minimum absolute atomic E-state index is 0. The van der Waals surface area contributed by atoms with E-state index in [0.717, 1.165) is 70.0 Å². The molecule has 0 unspecified atom stereocenters. The van der Waals surface area contributed by atoms with Crippen LogP contribution in [0.5, 0.6) is 0 Å². The van der Waals surface area contributed by atoms with Crippen LogP contribution in [0.4, 0.5) is 0 Å². The number of rotatable bonds is 6. The van der Waals surface area contributed by atoms with E-state index in [2.05, 4.69) is 78.1 Å². The number of hydrogen-bond acceptors (Lipinski definition) is 3. The SMILES string of the molecule is C[Si](C)(C)c1ccc(-c2[c-]cccc2)nc1.[2H]C([2H])(c1ccnc(-c2[c-]ccc3c2oc2ccc(-c4ccccc4)cc23)c1)C1CCCCC1.[Ir]. The zero-order valence-corrected chi connectivity index (χ0v) is 31.7. The zero-order chi connectivity index (χ0) is 34.7. The van der Waals surface area contributed by atoms with E-state index in [1.807, 2.05) is 79.0 Å². The van der Waals surface area contributed by atoms with Crippen LogP contribution in [-0.4, -0.2) is 18.0 Å². The summed E-state index contributed by atoms with van der Waals surface area (Å²) >= 11 is 0. The number of nitrogens with zero attached hydrogens (tertiary/aromatic N) is 2. The first-order valence-corrected chi connectivity index (χ1v) is 20.5. The van der Waals surface area contributed by atoms with Crippen LogP contribution in [-0.2, 0) is 26.5 Å². The van der Waals surface area contributed by atoms with Gasteiger partial charge in [-0.3, -0.25) is 0 Å². The Kier molecular flexibility index (Phi) is 10.2. The molecule has 249 valence electrons. The van der Waals surface area contributed by atoms with Crippen molar-refractivity contribution >= 4 is 35.2 Å². The quantitative estimate of drug-likeness (QED) is 0.124. The van der Waals surface area contributed by atoms with E-state index >= 15 is 0 Å². The first kappa shape index (κ1) is 32.1. The molecule has 3 heterocycles. The van der Waals surface area contributed by atoms with Crippen molar-refractivity contribution in [3.8, 4) is 33.6 Å². The van der Waals surface area contributed by atoms with Crippen molar-refractivity contribution < 1.29 is 27.3 Å². The van der Waals surface area contributed by atoms with Crippen molar-refractivity contribution in [2.75, 3.05) is 0 Å². The van der Waals surface area contributed by atoms with Gasteiger partial charge >= 0.3 is 0 Å². The van der Waals surface area contributed by atoms with Crippen LogP contribution in [0.25, 0.3) is 55.6 Å². The van der Waals surface area contributed by atoms with E-state index in [1.165, 1.54) is 17.2 Å². The third-order valence-corrected chi connectivity index (χ3v) is 11.2. The number of hydrogen-bond donors (Lipinski definition) is 0. The number of furan rings is 1. The molecule has 1 saturated carbocycles. The van der Waals surface area contributed by atoms with Gasteiger partial charge in [0.25, 0.3) is 0 Å². The van der Waals surface area contributed by atoms with Gasteiger partial charge in [0, 0.05) is 40.6 Å². The van der Waals surface area contributed by atoms with Crippen molar-refractivity contribution in [1.82, 2.24) is 9.97 Å². The average Bonchev–Trinajstić information content (AvgIpc) is 3.54. The van der Waals surface area contributed by atoms with Crippen molar-refractivity contribution in [3.05, 3.63) is 139 Å². The molecule has 0 atom stereocenters. The van der Waals surface area contributed by atoms with Gasteiger partial charge < -0.3 is 14.4 Å². The van der Waals surface area contributed by atoms with Crippen LogP contribution >= 0.6 is 0 Å². The largest absolute Gasteiger partial charge is 0.501 e. The second-order valence-electron chi connectivity index (χ2n) is 13.6. The summed E-state index contributed by atoms with van der Waals surface area (Å²) in [5, 5.41) is 3.47. The number of benzene rings is 4. The molecule has 1 aliphatic carbocycles. The van der Waals surface area contributed by atoms with Gasteiger partial charge in [-0.2, -0.15) is 0 Å². The first-order valence-electron chi connectivity index (χ1n) is 18.0. The fraction of sp³-hybridized carbons (Fsp3) is 0.227. The standard InChI is InChI=1S/C30H26NO.C14H16NSi.Ir/c1-3-8-21(9-4-1)18-22-16-17-31-28(19-22)26-13-7-12-25-27-20-24(23-10-5-2-6-11-23)14-15-29(27)32-30(25)26;1-16(2,3)13-9-10-14(15-11-13)12-7-5-4-6-8-12;/h2,5-7,10-12,14-17,19-21H,1,3-4,8-9,18H2;4-7,9-11H,1-3H3;/q2*-1;/i18D2;;. The van der Waals surface area contributed by atoms with Gasteiger partial charge in [-0.1, -0.05) is 123 Å². The molecule has 1 radical (unpaired) electrons.